The lowest BCUT2D eigenvalue weighted by Gasteiger charge is -2.45. The van der Waals surface area contributed by atoms with Crippen molar-refractivity contribution in [3.8, 4) is 0 Å². The summed E-state index contributed by atoms with van der Waals surface area (Å²) < 4.78 is 15.9. The van der Waals surface area contributed by atoms with Gasteiger partial charge in [-0.25, -0.2) is 4.39 Å². The highest BCUT2D eigenvalue weighted by Crippen LogP contribution is 2.41. The molecule has 0 spiro atoms. The summed E-state index contributed by atoms with van der Waals surface area (Å²) in [5.41, 5.74) is 2.64. The van der Waals surface area contributed by atoms with Gasteiger partial charge in [-0.3, -0.25) is 29.4 Å². The van der Waals surface area contributed by atoms with Crippen molar-refractivity contribution < 1.29 is 23.6 Å². The average Bonchev–Trinajstić information content (AvgIpc) is 3.46. The fraction of sp³-hybridized carbons (Fsp3) is 0.333. The van der Waals surface area contributed by atoms with Gasteiger partial charge in [-0.1, -0.05) is 60.7 Å². The van der Waals surface area contributed by atoms with Crippen molar-refractivity contribution >= 4 is 23.6 Å². The van der Waals surface area contributed by atoms with Crippen LogP contribution < -0.4 is 5.32 Å². The molecule has 0 aromatic heterocycles. The van der Waals surface area contributed by atoms with Crippen LogP contribution in [-0.4, -0.2) is 69.5 Å². The number of hydrogen-bond donors (Lipinski definition) is 1. The highest BCUT2D eigenvalue weighted by atomic mass is 19.1. The number of benzene rings is 3. The molecule has 0 aliphatic carbocycles. The van der Waals surface area contributed by atoms with Crippen LogP contribution in [-0.2, 0) is 16.1 Å². The first kappa shape index (κ1) is 26.5. The molecule has 3 fully saturated rings. The Morgan fingerprint density at radius 3 is 2.05 bits per heavy atom. The molecule has 3 atom stereocenters. The summed E-state index contributed by atoms with van der Waals surface area (Å²) in [6.45, 7) is 0.870. The maximum atomic E-state index is 15.9. The molecule has 4 aliphatic rings. The van der Waals surface area contributed by atoms with Crippen molar-refractivity contribution in [1.82, 2.24) is 20.0 Å². The quantitative estimate of drug-likeness (QED) is 0.476. The van der Waals surface area contributed by atoms with Crippen LogP contribution >= 0.6 is 0 Å². The minimum atomic E-state index is -0.841. The predicted octanol–water partition coefficient (Wildman–Crippen LogP) is 3.67. The van der Waals surface area contributed by atoms with Crippen LogP contribution in [0.1, 0.15) is 69.1 Å². The first-order valence-corrected chi connectivity index (χ1v) is 14.5. The molecule has 3 aromatic rings. The molecule has 7 rings (SSSR count). The second-order valence-electron chi connectivity index (χ2n) is 11.6. The second-order valence-corrected chi connectivity index (χ2v) is 11.6. The van der Waals surface area contributed by atoms with Gasteiger partial charge in [0.05, 0.1) is 18.2 Å². The van der Waals surface area contributed by atoms with Crippen molar-refractivity contribution in [2.75, 3.05) is 13.1 Å². The molecule has 8 nitrogen and oxygen atoms in total. The van der Waals surface area contributed by atoms with Crippen molar-refractivity contribution in [3.05, 3.63) is 106 Å². The Hall–Kier alpha value is -4.37. The largest absolute Gasteiger partial charge is 0.335 e. The normalized spacial score (nSPS) is 23.9. The molecule has 9 heteroatoms. The number of fused-ring (bicyclic) bond motifs is 3. The molecule has 3 saturated heterocycles. The minimum Gasteiger partial charge on any atom is -0.335 e. The predicted molar refractivity (Wildman–Crippen MR) is 152 cm³/mol. The van der Waals surface area contributed by atoms with Gasteiger partial charge >= 0.3 is 0 Å². The van der Waals surface area contributed by atoms with Crippen molar-refractivity contribution in [2.24, 2.45) is 0 Å². The van der Waals surface area contributed by atoms with E-state index in [4.69, 9.17) is 0 Å². The van der Waals surface area contributed by atoms with Gasteiger partial charge in [0.1, 0.15) is 11.9 Å². The molecule has 4 heterocycles. The maximum absolute atomic E-state index is 15.9. The second kappa shape index (κ2) is 10.5. The van der Waals surface area contributed by atoms with Crippen molar-refractivity contribution in [3.63, 3.8) is 0 Å². The third kappa shape index (κ3) is 4.39. The van der Waals surface area contributed by atoms with Gasteiger partial charge in [-0.05, 0) is 42.5 Å². The highest BCUT2D eigenvalue weighted by Gasteiger charge is 2.46. The summed E-state index contributed by atoms with van der Waals surface area (Å²) in [6.07, 6.45) is 2.21. The summed E-state index contributed by atoms with van der Waals surface area (Å²) in [6, 6.07) is 23.2. The summed E-state index contributed by atoms with van der Waals surface area (Å²) in [7, 11) is 0. The van der Waals surface area contributed by atoms with E-state index < -0.39 is 23.7 Å². The average molecular weight is 567 g/mol. The number of piperidine rings is 1. The molecule has 0 saturated carbocycles. The molecule has 3 aromatic carbocycles. The zero-order chi connectivity index (χ0) is 29.0. The maximum Gasteiger partial charge on any atom is 0.256 e. The van der Waals surface area contributed by atoms with Gasteiger partial charge in [-0.15, -0.1) is 0 Å². The van der Waals surface area contributed by atoms with Gasteiger partial charge in [0.15, 0.2) is 0 Å². The first-order chi connectivity index (χ1) is 20.4. The Bertz CT molecular complexity index is 1530. The minimum absolute atomic E-state index is 0.0535. The fourth-order valence-corrected chi connectivity index (χ4v) is 7.27. The number of piperazine rings is 1. The fourth-order valence-electron chi connectivity index (χ4n) is 7.27. The number of nitrogens with one attached hydrogen (secondary N) is 1. The van der Waals surface area contributed by atoms with Gasteiger partial charge < -0.3 is 9.80 Å². The summed E-state index contributed by atoms with van der Waals surface area (Å²) in [4.78, 5) is 56.4. The third-order valence-electron chi connectivity index (χ3n) is 9.23. The van der Waals surface area contributed by atoms with Crippen LogP contribution in [0.3, 0.4) is 0 Å². The van der Waals surface area contributed by atoms with E-state index in [9.17, 15) is 19.2 Å². The van der Waals surface area contributed by atoms with Crippen LogP contribution in [0.4, 0.5) is 4.39 Å². The van der Waals surface area contributed by atoms with E-state index in [-0.39, 0.29) is 66.0 Å². The summed E-state index contributed by atoms with van der Waals surface area (Å²) in [5.74, 6) is -2.48. The SMILES string of the molecule is O=C1CCC(N2Cc3c(ccc(C(=O)N4CC5CCC(C4)N5C(c4ccccc4)c4ccccc4)c3F)C2=O)C(=O)N1. The molecule has 3 unspecified atom stereocenters. The van der Waals surface area contributed by atoms with Gasteiger partial charge in [-0.2, -0.15) is 0 Å². The Morgan fingerprint density at radius 1 is 0.833 bits per heavy atom. The van der Waals surface area contributed by atoms with E-state index in [2.05, 4.69) is 58.7 Å². The smallest absolute Gasteiger partial charge is 0.256 e. The van der Waals surface area contributed by atoms with Crippen LogP contribution in [0.5, 0.6) is 0 Å². The Balaban J connectivity index is 1.12. The Morgan fingerprint density at radius 2 is 1.45 bits per heavy atom. The molecule has 4 amide bonds. The number of carbonyl (C=O) groups excluding carboxylic acids is 4. The zero-order valence-corrected chi connectivity index (χ0v) is 23.0. The molecule has 42 heavy (non-hydrogen) atoms. The number of halogens is 1. The van der Waals surface area contributed by atoms with Crippen LogP contribution in [0.2, 0.25) is 0 Å². The van der Waals surface area contributed by atoms with Gasteiger partial charge in [0.2, 0.25) is 11.8 Å². The number of hydrogen-bond acceptors (Lipinski definition) is 5. The number of carbonyl (C=O) groups is 4. The Labute approximate surface area is 243 Å². The van der Waals surface area contributed by atoms with E-state index >= 15 is 4.39 Å². The standard InChI is InChI=1S/C33H31FN4O4/c34-29-25(14-13-24-26(29)19-37(33(24)42)27-15-16-28(39)35-31(27)40)32(41)36-17-22-11-12-23(18-36)38(22)30(20-7-3-1-4-8-20)21-9-5-2-6-10-21/h1-10,13-14,22-23,27,30H,11-12,15-19H2,(H,35,39,40). The van der Waals surface area contributed by atoms with E-state index in [0.29, 0.717) is 13.1 Å². The summed E-state index contributed by atoms with van der Waals surface area (Å²) in [5, 5.41) is 2.26. The molecule has 0 radical (unpaired) electrons. The Kier molecular flexibility index (Phi) is 6.61. The summed E-state index contributed by atoms with van der Waals surface area (Å²) >= 11 is 0. The lowest BCUT2D eigenvalue weighted by molar-refractivity contribution is -0.136. The van der Waals surface area contributed by atoms with Crippen LogP contribution in [0.25, 0.3) is 0 Å². The highest BCUT2D eigenvalue weighted by molar-refractivity contribution is 6.06. The topological polar surface area (TPSA) is 90.0 Å². The van der Waals surface area contributed by atoms with Gasteiger partial charge in [0, 0.05) is 42.7 Å². The third-order valence-corrected chi connectivity index (χ3v) is 9.23. The van der Waals surface area contributed by atoms with E-state index in [1.807, 2.05) is 12.1 Å². The monoisotopic (exact) mass is 566 g/mol. The van der Waals surface area contributed by atoms with Crippen LogP contribution in [0.15, 0.2) is 72.8 Å². The van der Waals surface area contributed by atoms with Crippen LogP contribution in [0, 0.1) is 5.82 Å². The lowest BCUT2D eigenvalue weighted by atomic mass is 9.94. The molecular weight excluding hydrogens is 535 g/mol. The molecule has 2 bridgehead atoms. The lowest BCUT2D eigenvalue weighted by Crippen LogP contribution is -2.56. The first-order valence-electron chi connectivity index (χ1n) is 14.5. The number of likely N-dealkylation sites (tertiary alicyclic amines) is 1. The number of rotatable bonds is 5. The van der Waals surface area contributed by atoms with E-state index in [1.54, 1.807) is 4.90 Å². The number of amides is 4. The van der Waals surface area contributed by atoms with E-state index in [0.717, 1.165) is 12.8 Å². The van der Waals surface area contributed by atoms with Crippen molar-refractivity contribution in [2.45, 2.75) is 56.4 Å². The van der Waals surface area contributed by atoms with Gasteiger partial charge in [0.25, 0.3) is 11.8 Å². The molecule has 4 aliphatic heterocycles. The zero-order valence-electron chi connectivity index (χ0n) is 23.0. The van der Waals surface area contributed by atoms with Crippen molar-refractivity contribution in [1.29, 1.82) is 0 Å². The number of nitrogens with zero attached hydrogens (tertiary/aromatic N) is 3. The number of imide groups is 1. The molecule has 214 valence electrons. The molecular formula is C33H31FN4O4. The van der Waals surface area contributed by atoms with E-state index in [1.165, 1.54) is 28.2 Å². The molecule has 1 N–H and O–H groups in total.